The molecule has 1 heterocycles. The van der Waals surface area contributed by atoms with Crippen LogP contribution in [0.5, 0.6) is 0 Å². The molecule has 0 atom stereocenters. The van der Waals surface area contributed by atoms with E-state index >= 15 is 0 Å². The van der Waals surface area contributed by atoms with Crippen LogP contribution in [0.2, 0.25) is 5.02 Å². The molecule has 0 radical (unpaired) electrons. The minimum absolute atomic E-state index is 0.176. The SMILES string of the molecule is CC(C)(C)c1ccc(/C=C/c2nc(-c3ccc(Cl)cc3)c(Br)s2)cc1. The topological polar surface area (TPSA) is 12.9 Å². The fourth-order valence-corrected chi connectivity index (χ4v) is 4.09. The Balaban J connectivity index is 1.80. The van der Waals surface area contributed by atoms with Gasteiger partial charge in [-0.15, -0.1) is 11.3 Å². The van der Waals surface area contributed by atoms with E-state index in [1.54, 1.807) is 11.3 Å². The van der Waals surface area contributed by atoms with Gasteiger partial charge in [0.2, 0.25) is 0 Å². The lowest BCUT2D eigenvalue weighted by Crippen LogP contribution is -2.10. The lowest BCUT2D eigenvalue weighted by molar-refractivity contribution is 0.590. The van der Waals surface area contributed by atoms with Crippen molar-refractivity contribution < 1.29 is 0 Å². The van der Waals surface area contributed by atoms with E-state index < -0.39 is 0 Å². The Morgan fingerprint density at radius 1 is 0.960 bits per heavy atom. The first kappa shape index (κ1) is 18.4. The molecule has 0 spiro atoms. The first-order chi connectivity index (χ1) is 11.8. The van der Waals surface area contributed by atoms with Crippen molar-refractivity contribution in [2.24, 2.45) is 0 Å². The molecule has 2 aromatic carbocycles. The van der Waals surface area contributed by atoms with Gasteiger partial charge in [-0.05, 0) is 50.7 Å². The van der Waals surface area contributed by atoms with Crippen LogP contribution in [0.1, 0.15) is 36.9 Å². The third kappa shape index (κ3) is 4.60. The summed E-state index contributed by atoms with van der Waals surface area (Å²) in [6, 6.07) is 16.4. The third-order valence-electron chi connectivity index (χ3n) is 3.92. The zero-order chi connectivity index (χ0) is 18.0. The second-order valence-electron chi connectivity index (χ2n) is 6.89. The Hall–Kier alpha value is -1.42. The first-order valence-electron chi connectivity index (χ1n) is 8.04. The zero-order valence-electron chi connectivity index (χ0n) is 14.4. The number of thiazole rings is 1. The van der Waals surface area contributed by atoms with Gasteiger partial charge in [0.25, 0.3) is 0 Å². The molecule has 0 aliphatic rings. The monoisotopic (exact) mass is 431 g/mol. The molecular weight excluding hydrogens is 414 g/mol. The van der Waals surface area contributed by atoms with E-state index in [0.29, 0.717) is 0 Å². The van der Waals surface area contributed by atoms with Gasteiger partial charge in [-0.3, -0.25) is 0 Å². The van der Waals surface area contributed by atoms with Crippen LogP contribution in [0.25, 0.3) is 23.4 Å². The van der Waals surface area contributed by atoms with E-state index in [2.05, 4.69) is 73.1 Å². The van der Waals surface area contributed by atoms with Crippen LogP contribution in [-0.4, -0.2) is 4.98 Å². The van der Waals surface area contributed by atoms with Crippen LogP contribution in [-0.2, 0) is 5.41 Å². The predicted octanol–water partition coefficient (Wildman–Crippen LogP) is 7.69. The van der Waals surface area contributed by atoms with Crippen molar-refractivity contribution in [1.29, 1.82) is 0 Å². The lowest BCUT2D eigenvalue weighted by atomic mass is 9.87. The number of hydrogen-bond donors (Lipinski definition) is 0. The van der Waals surface area contributed by atoms with Crippen LogP contribution in [0, 0.1) is 0 Å². The number of nitrogens with zero attached hydrogens (tertiary/aromatic N) is 1. The summed E-state index contributed by atoms with van der Waals surface area (Å²) in [6.45, 7) is 6.68. The molecule has 0 saturated heterocycles. The summed E-state index contributed by atoms with van der Waals surface area (Å²) < 4.78 is 1.03. The first-order valence-corrected chi connectivity index (χ1v) is 10.0. The van der Waals surface area contributed by atoms with Gasteiger partial charge in [0.1, 0.15) is 5.01 Å². The summed E-state index contributed by atoms with van der Waals surface area (Å²) in [5.41, 5.74) is 4.70. The second kappa shape index (κ2) is 7.45. The number of benzene rings is 2. The molecule has 0 fully saturated rings. The normalized spacial score (nSPS) is 12.0. The average molecular weight is 433 g/mol. The van der Waals surface area contributed by atoms with Crippen molar-refractivity contribution in [3.8, 4) is 11.3 Å². The highest BCUT2D eigenvalue weighted by Crippen LogP contribution is 2.34. The van der Waals surface area contributed by atoms with Crippen molar-refractivity contribution in [2.45, 2.75) is 26.2 Å². The molecule has 0 amide bonds. The van der Waals surface area contributed by atoms with Crippen LogP contribution in [0.3, 0.4) is 0 Å². The highest BCUT2D eigenvalue weighted by atomic mass is 79.9. The smallest absolute Gasteiger partial charge is 0.117 e. The maximum Gasteiger partial charge on any atom is 0.117 e. The molecule has 0 saturated carbocycles. The van der Waals surface area contributed by atoms with Gasteiger partial charge < -0.3 is 0 Å². The van der Waals surface area contributed by atoms with Gasteiger partial charge in [-0.2, -0.15) is 0 Å². The number of hydrogen-bond acceptors (Lipinski definition) is 2. The minimum Gasteiger partial charge on any atom is -0.235 e. The minimum atomic E-state index is 0.176. The van der Waals surface area contributed by atoms with E-state index in [9.17, 15) is 0 Å². The van der Waals surface area contributed by atoms with Crippen molar-refractivity contribution in [3.63, 3.8) is 0 Å². The van der Waals surface area contributed by atoms with Crippen molar-refractivity contribution >= 4 is 51.0 Å². The molecule has 0 bridgehead atoms. The molecule has 3 aromatic rings. The van der Waals surface area contributed by atoms with Gasteiger partial charge in [0.05, 0.1) is 9.48 Å². The van der Waals surface area contributed by atoms with E-state index in [0.717, 1.165) is 25.1 Å². The molecule has 3 rings (SSSR count). The second-order valence-corrected chi connectivity index (χ2v) is 9.67. The van der Waals surface area contributed by atoms with Crippen LogP contribution in [0.4, 0.5) is 0 Å². The number of rotatable bonds is 3. The Kier molecular flexibility index (Phi) is 5.47. The van der Waals surface area contributed by atoms with E-state index in [1.807, 2.05) is 24.3 Å². The lowest BCUT2D eigenvalue weighted by Gasteiger charge is -2.18. The summed E-state index contributed by atoms with van der Waals surface area (Å²) in [5.74, 6) is 0. The summed E-state index contributed by atoms with van der Waals surface area (Å²) in [5, 5.41) is 1.70. The van der Waals surface area contributed by atoms with Crippen molar-refractivity contribution in [1.82, 2.24) is 4.98 Å². The third-order valence-corrected chi connectivity index (χ3v) is 5.84. The average Bonchev–Trinajstić information content (AvgIpc) is 2.94. The Bertz CT molecular complexity index is 887. The highest BCUT2D eigenvalue weighted by molar-refractivity contribution is 9.11. The summed E-state index contributed by atoms with van der Waals surface area (Å²) in [7, 11) is 0. The molecule has 0 aliphatic heterocycles. The highest BCUT2D eigenvalue weighted by Gasteiger charge is 2.12. The molecule has 0 aliphatic carbocycles. The molecule has 0 unspecified atom stereocenters. The molecule has 25 heavy (non-hydrogen) atoms. The van der Waals surface area contributed by atoms with E-state index in [4.69, 9.17) is 16.6 Å². The maximum atomic E-state index is 5.96. The summed E-state index contributed by atoms with van der Waals surface area (Å²) in [4.78, 5) is 4.72. The van der Waals surface area contributed by atoms with Crippen LogP contribution < -0.4 is 0 Å². The molecule has 0 N–H and O–H groups in total. The molecule has 4 heteroatoms. The van der Waals surface area contributed by atoms with Crippen molar-refractivity contribution in [2.75, 3.05) is 0 Å². The Labute approximate surface area is 166 Å². The molecule has 1 nitrogen and oxygen atoms in total. The molecule has 1 aromatic heterocycles. The Morgan fingerprint density at radius 2 is 1.60 bits per heavy atom. The maximum absolute atomic E-state index is 5.96. The molecule has 128 valence electrons. The predicted molar refractivity (Wildman–Crippen MR) is 114 cm³/mol. The zero-order valence-corrected chi connectivity index (χ0v) is 17.5. The van der Waals surface area contributed by atoms with E-state index in [-0.39, 0.29) is 5.41 Å². The van der Waals surface area contributed by atoms with Crippen LogP contribution >= 0.6 is 38.9 Å². The van der Waals surface area contributed by atoms with Gasteiger partial charge in [0.15, 0.2) is 0 Å². The van der Waals surface area contributed by atoms with Crippen molar-refractivity contribution in [3.05, 3.63) is 73.5 Å². The fraction of sp³-hybridized carbons (Fsp3) is 0.190. The summed E-state index contributed by atoms with van der Waals surface area (Å²) >= 11 is 11.2. The van der Waals surface area contributed by atoms with Gasteiger partial charge >= 0.3 is 0 Å². The quantitative estimate of drug-likeness (QED) is 0.413. The van der Waals surface area contributed by atoms with Crippen LogP contribution in [0.15, 0.2) is 52.3 Å². The Morgan fingerprint density at radius 3 is 2.20 bits per heavy atom. The largest absolute Gasteiger partial charge is 0.235 e. The standard InChI is InChI=1S/C21H19BrClNS/c1-21(2,3)16-9-4-14(5-10-16)6-13-18-24-19(20(22)25-18)15-7-11-17(23)12-8-15/h4-13H,1-3H3/b13-6+. The number of aromatic nitrogens is 1. The number of halogens is 2. The molecular formula is C21H19BrClNS. The van der Waals surface area contributed by atoms with Gasteiger partial charge in [-0.25, -0.2) is 4.98 Å². The van der Waals surface area contributed by atoms with Gasteiger partial charge in [0, 0.05) is 10.6 Å². The fourth-order valence-electron chi connectivity index (χ4n) is 2.44. The summed E-state index contributed by atoms with van der Waals surface area (Å²) in [6.07, 6.45) is 4.16. The van der Waals surface area contributed by atoms with Gasteiger partial charge in [-0.1, -0.05) is 74.8 Å². The van der Waals surface area contributed by atoms with E-state index in [1.165, 1.54) is 11.1 Å².